The zero-order valence-corrected chi connectivity index (χ0v) is 80.6. The smallest absolute Gasteiger partial charge is 0.275 e. The van der Waals surface area contributed by atoms with E-state index in [1.54, 1.807) is 112 Å². The summed E-state index contributed by atoms with van der Waals surface area (Å²) in [6, 6.07) is 11.3. The molecule has 0 bridgehead atoms. The van der Waals surface area contributed by atoms with Crippen molar-refractivity contribution in [3.05, 3.63) is 177 Å². The Morgan fingerprint density at radius 1 is 0.360 bits per heavy atom. The number of aryl methyl sites for hydroxylation is 1. The minimum absolute atomic E-state index is 0.0475. The van der Waals surface area contributed by atoms with E-state index in [0.29, 0.717) is 78.7 Å². The van der Waals surface area contributed by atoms with Crippen LogP contribution in [-0.4, -0.2) is 207 Å². The lowest BCUT2D eigenvalue weighted by Crippen LogP contribution is -2.30. The van der Waals surface area contributed by atoms with Gasteiger partial charge in [0.05, 0.1) is 148 Å². The van der Waals surface area contributed by atoms with Gasteiger partial charge >= 0.3 is 0 Å². The van der Waals surface area contributed by atoms with Gasteiger partial charge in [0.2, 0.25) is 35.6 Å². The topological polar surface area (TPSA) is 489 Å². The fraction of sp³-hybridized carbons (Fsp3) is 0.471. The number of halogens is 6. The number of nitrogens with zero attached hydrogens (tertiary/aromatic N) is 35. The molecule has 0 aromatic carbocycles. The summed E-state index contributed by atoms with van der Waals surface area (Å²) in [7, 11) is 1.60. The SMILES string of the molecule is CCNc1nc(Nc2cc(C(C)n3nccn3)nn2C2CC2)ncc1Br.CCNc1nc(Nc2cc(C(C)n3nccn3)nn2C2CC2)ncc1Br.CCNc1nc(Nc2cc(C(C)n3nccn3)nn2C2CC2)ncc1C(C)(F)F.CCNc1nc(Nc2cc(C(C)n3nccn3)nn2C2CC2)ncc1C(C)(F)F.COc1nc(Nc2cc(C(C)(C)n3nccn3)nn2C2CC2)ncc1C. The number of nitrogens with one attached hydrogen (secondary N) is 9. The molecule has 716 valence electrons. The van der Waals surface area contributed by atoms with Crippen LogP contribution in [-0.2, 0) is 17.4 Å². The van der Waals surface area contributed by atoms with E-state index in [1.807, 2.05) is 130 Å². The fourth-order valence-corrected chi connectivity index (χ4v) is 14.9. The standard InChI is InChI=1S/2C18H23F2N9.C17H22N8O.2C16H20BrN9/c2*1-4-21-16-13(18(3,19)20)10-22-17(26-16)25-15-9-14(27-28(15)12-5-6-12)11(2)29-23-7-8-24-29;1-11-10-18-16(22-15(11)26-4)21-14-9-13(23-24(14)12-5-6-12)17(2,3)25-19-7-8-20-25;2*1-3-18-15-12(17)9-19-16(23-15)22-14-8-13(24-25(14)11-4-5-11)10(2)26-20-6-7-21-26/h2*7-12H,4-6H2,1-3H3,(H2,21,22,25,26);7-10,12H,5-6H2,1-4H3,(H,18,21,22);2*6-11H,3-5H2,1-2H3,(H2,18,19,22,23). The molecule has 136 heavy (non-hydrogen) atoms. The van der Waals surface area contributed by atoms with Gasteiger partial charge in [0.25, 0.3) is 11.8 Å². The second-order valence-electron chi connectivity index (χ2n) is 33.7. The highest BCUT2D eigenvalue weighted by Gasteiger charge is 2.38. The Bertz CT molecular complexity index is 6110. The predicted molar refractivity (Wildman–Crippen MR) is 505 cm³/mol. The van der Waals surface area contributed by atoms with Gasteiger partial charge in [-0.3, -0.25) is 0 Å². The van der Waals surface area contributed by atoms with E-state index >= 15 is 0 Å². The van der Waals surface area contributed by atoms with Crippen molar-refractivity contribution in [3.8, 4) is 5.88 Å². The van der Waals surface area contributed by atoms with Crippen LogP contribution in [0.25, 0.3) is 0 Å². The molecule has 0 saturated heterocycles. The minimum Gasteiger partial charge on any atom is -0.481 e. The Morgan fingerprint density at radius 2 is 0.618 bits per heavy atom. The third kappa shape index (κ3) is 23.1. The summed E-state index contributed by atoms with van der Waals surface area (Å²) < 4.78 is 72.1. The van der Waals surface area contributed by atoms with E-state index in [2.05, 4.69) is 181 Å². The van der Waals surface area contributed by atoms with Crippen LogP contribution in [0.5, 0.6) is 5.88 Å². The summed E-state index contributed by atoms with van der Waals surface area (Å²) in [5.74, 6) is 2.27. The summed E-state index contributed by atoms with van der Waals surface area (Å²) >= 11 is 6.92. The molecule has 5 aliphatic rings. The summed E-state index contributed by atoms with van der Waals surface area (Å²) in [5.41, 5.74) is 4.21. The van der Waals surface area contributed by atoms with Crippen LogP contribution in [0.3, 0.4) is 0 Å². The van der Waals surface area contributed by atoms with E-state index in [1.165, 1.54) is 0 Å². The van der Waals surface area contributed by atoms with E-state index in [4.69, 9.17) is 30.2 Å². The van der Waals surface area contributed by atoms with Crippen LogP contribution in [0.1, 0.15) is 247 Å². The van der Waals surface area contributed by atoms with E-state index in [9.17, 15) is 17.6 Å². The lowest BCUT2D eigenvalue weighted by atomic mass is 10.0. The molecule has 5 saturated carbocycles. The third-order valence-electron chi connectivity index (χ3n) is 22.3. The van der Waals surface area contributed by atoms with Crippen molar-refractivity contribution < 1.29 is 22.3 Å². The Hall–Kier alpha value is -14.2. The van der Waals surface area contributed by atoms with Crippen LogP contribution in [0.4, 0.5) is 99.7 Å². The van der Waals surface area contributed by atoms with Crippen LogP contribution in [0.15, 0.2) is 132 Å². The van der Waals surface area contributed by atoms with Crippen LogP contribution >= 0.6 is 31.9 Å². The molecule has 4 atom stereocenters. The molecular weight excluding hydrogens is 1890 g/mol. The summed E-state index contributed by atoms with van der Waals surface area (Å²) in [5, 5.41) is 94.2. The maximum Gasteiger partial charge on any atom is 0.275 e. The van der Waals surface area contributed by atoms with Gasteiger partial charge < -0.3 is 52.6 Å². The first-order valence-electron chi connectivity index (χ1n) is 45.0. The van der Waals surface area contributed by atoms with E-state index < -0.39 is 17.4 Å². The highest BCUT2D eigenvalue weighted by molar-refractivity contribution is 9.11. The number of hydrogen-bond donors (Lipinski definition) is 9. The van der Waals surface area contributed by atoms with Crippen molar-refractivity contribution in [2.45, 2.75) is 226 Å². The summed E-state index contributed by atoms with van der Waals surface area (Å²) in [6.45, 7) is 25.9. The molecule has 20 rings (SSSR count). The van der Waals surface area contributed by atoms with Crippen molar-refractivity contribution >= 4 is 114 Å². The van der Waals surface area contributed by atoms with Crippen molar-refractivity contribution in [3.63, 3.8) is 0 Å². The summed E-state index contributed by atoms with van der Waals surface area (Å²) in [4.78, 5) is 51.4. The Kier molecular flexibility index (Phi) is 28.9. The molecular formula is C85H108Br2F4N44O. The molecule has 15 aromatic heterocycles. The molecule has 45 nitrogen and oxygen atoms in total. The first kappa shape index (κ1) is 95.0. The molecule has 0 spiro atoms. The van der Waals surface area contributed by atoms with Crippen LogP contribution in [0.2, 0.25) is 0 Å². The molecule has 5 fully saturated rings. The van der Waals surface area contributed by atoms with Gasteiger partial charge in [-0.25, -0.2) is 65.9 Å². The first-order chi connectivity index (χ1) is 65.5. The average molecular weight is 2000 g/mol. The highest BCUT2D eigenvalue weighted by atomic mass is 79.9. The normalized spacial score (nSPS) is 15.1. The maximum absolute atomic E-state index is 13.8. The quantitative estimate of drug-likeness (QED) is 0.0165. The van der Waals surface area contributed by atoms with Gasteiger partial charge in [0.15, 0.2) is 0 Å². The number of anilines is 14. The number of aromatic nitrogens is 35. The van der Waals surface area contributed by atoms with Crippen molar-refractivity contribution in [2.75, 3.05) is 81.1 Å². The van der Waals surface area contributed by atoms with Crippen LogP contribution in [0, 0.1) is 6.92 Å². The van der Waals surface area contributed by atoms with Gasteiger partial charge in [-0.15, -0.1) is 0 Å². The number of rotatable bonds is 36. The molecule has 15 heterocycles. The molecule has 9 N–H and O–H groups in total. The van der Waals surface area contributed by atoms with Crippen molar-refractivity contribution in [2.24, 2.45) is 0 Å². The molecule has 15 aromatic rings. The molecule has 0 aliphatic heterocycles. The highest BCUT2D eigenvalue weighted by Crippen LogP contribution is 2.45. The number of ether oxygens (including phenoxy) is 1. The number of methoxy groups -OCH3 is 1. The summed E-state index contributed by atoms with van der Waals surface area (Å²) in [6.07, 6.45) is 35.0. The minimum atomic E-state index is -3.04. The van der Waals surface area contributed by atoms with E-state index in [0.717, 1.165) is 176 Å². The largest absolute Gasteiger partial charge is 0.481 e. The number of hydrogen-bond acceptors (Lipinski definition) is 35. The Balaban J connectivity index is 0.000000123. The predicted octanol–water partition coefficient (Wildman–Crippen LogP) is 15.7. The lowest BCUT2D eigenvalue weighted by Gasteiger charge is -2.20. The second kappa shape index (κ2) is 41.4. The van der Waals surface area contributed by atoms with Crippen LogP contribution < -0.4 is 52.6 Å². The number of alkyl halides is 4. The lowest BCUT2D eigenvalue weighted by molar-refractivity contribution is 0.0169. The van der Waals surface area contributed by atoms with Gasteiger partial charge in [-0.05, 0) is 172 Å². The second-order valence-corrected chi connectivity index (χ2v) is 35.4. The first-order valence-corrected chi connectivity index (χ1v) is 46.6. The van der Waals surface area contributed by atoms with Gasteiger partial charge in [-0.1, -0.05) is 0 Å². The monoisotopic (exact) mass is 1990 g/mol. The molecule has 0 radical (unpaired) electrons. The zero-order valence-electron chi connectivity index (χ0n) is 77.5. The van der Waals surface area contributed by atoms with Gasteiger partial charge in [0.1, 0.15) is 82.1 Å². The van der Waals surface area contributed by atoms with Gasteiger partial charge in [0, 0.05) is 107 Å². The van der Waals surface area contributed by atoms with Gasteiger partial charge in [-0.2, -0.15) is 125 Å². The van der Waals surface area contributed by atoms with E-state index in [-0.39, 0.29) is 58.8 Å². The molecule has 5 aliphatic carbocycles. The maximum atomic E-state index is 13.8. The fourth-order valence-electron chi connectivity index (χ4n) is 14.2. The average Bonchev–Trinajstić information content (AvgIpc) is 1.59. The zero-order chi connectivity index (χ0) is 95.7. The van der Waals surface area contributed by atoms with Crippen molar-refractivity contribution in [1.29, 1.82) is 0 Å². The molecule has 4 unspecified atom stereocenters. The Morgan fingerprint density at radius 3 is 0.904 bits per heavy atom. The van der Waals surface area contributed by atoms with Crippen molar-refractivity contribution in [1.82, 2.24) is 174 Å². The molecule has 0 amide bonds. The Labute approximate surface area is 795 Å². The third-order valence-corrected chi connectivity index (χ3v) is 23.5. The molecule has 51 heteroatoms.